The van der Waals surface area contributed by atoms with Gasteiger partial charge >= 0.3 is 0 Å². The standard InChI is InChI=1S/C21H27NO3/c1-3-16-17(7-8-18(16)23)22-15-6-9-19(24-2)21(12-15)25-20-11-13-4-5-14(20)10-13/h6,9,12-14,20,22H,3-5,7-8,10-11H2,1-2H3. The van der Waals surface area contributed by atoms with Gasteiger partial charge in [-0.25, -0.2) is 0 Å². The van der Waals surface area contributed by atoms with Crippen molar-refractivity contribution in [2.75, 3.05) is 12.4 Å². The molecule has 2 bridgehead atoms. The molecule has 2 saturated carbocycles. The van der Waals surface area contributed by atoms with Crippen LogP contribution in [0.4, 0.5) is 5.69 Å². The Balaban J connectivity index is 1.54. The fraction of sp³-hybridized carbons (Fsp3) is 0.571. The van der Waals surface area contributed by atoms with E-state index >= 15 is 0 Å². The quantitative estimate of drug-likeness (QED) is 0.814. The molecule has 0 heterocycles. The Hall–Kier alpha value is -1.97. The van der Waals surface area contributed by atoms with E-state index in [0.29, 0.717) is 18.4 Å². The summed E-state index contributed by atoms with van der Waals surface area (Å²) in [4.78, 5) is 11.9. The molecule has 0 amide bonds. The van der Waals surface area contributed by atoms with Crippen molar-refractivity contribution in [1.82, 2.24) is 0 Å². The number of benzene rings is 1. The summed E-state index contributed by atoms with van der Waals surface area (Å²) in [5.41, 5.74) is 2.96. The Bertz CT molecular complexity index is 709. The van der Waals surface area contributed by atoms with E-state index in [-0.39, 0.29) is 5.78 Å². The second-order valence-electron chi connectivity index (χ2n) is 7.56. The predicted octanol–water partition coefficient (Wildman–Crippen LogP) is 4.70. The van der Waals surface area contributed by atoms with Crippen molar-refractivity contribution in [3.8, 4) is 11.5 Å². The highest BCUT2D eigenvalue weighted by Gasteiger charge is 2.41. The number of ketones is 1. The van der Waals surface area contributed by atoms with Gasteiger partial charge in [-0.2, -0.15) is 0 Å². The van der Waals surface area contributed by atoms with E-state index in [2.05, 4.69) is 5.32 Å². The molecule has 1 aromatic carbocycles. The minimum Gasteiger partial charge on any atom is -0.493 e. The maximum Gasteiger partial charge on any atom is 0.163 e. The number of rotatable bonds is 6. The van der Waals surface area contributed by atoms with Gasteiger partial charge in [0.25, 0.3) is 0 Å². The monoisotopic (exact) mass is 341 g/mol. The van der Waals surface area contributed by atoms with E-state index in [1.54, 1.807) is 7.11 Å². The molecule has 0 spiro atoms. The summed E-state index contributed by atoms with van der Waals surface area (Å²) in [7, 11) is 1.68. The van der Waals surface area contributed by atoms with Crippen molar-refractivity contribution in [2.45, 2.75) is 58.0 Å². The van der Waals surface area contributed by atoms with Crippen molar-refractivity contribution in [2.24, 2.45) is 11.8 Å². The SMILES string of the molecule is CCC1=C(Nc2ccc(OC)c(OC3CC4CCC3C4)c2)CCC1=O. The van der Waals surface area contributed by atoms with Crippen LogP contribution in [0, 0.1) is 11.8 Å². The third-order valence-corrected chi connectivity index (χ3v) is 6.07. The maximum atomic E-state index is 11.9. The van der Waals surface area contributed by atoms with Crippen LogP contribution >= 0.6 is 0 Å². The Morgan fingerprint density at radius 3 is 2.72 bits per heavy atom. The van der Waals surface area contributed by atoms with E-state index < -0.39 is 0 Å². The third-order valence-electron chi connectivity index (χ3n) is 6.07. The second kappa shape index (κ2) is 6.74. The largest absolute Gasteiger partial charge is 0.493 e. The molecule has 25 heavy (non-hydrogen) atoms. The summed E-state index contributed by atoms with van der Waals surface area (Å²) in [6.07, 6.45) is 7.68. The molecule has 0 aromatic heterocycles. The van der Waals surface area contributed by atoms with Crippen LogP contribution in [0.3, 0.4) is 0 Å². The molecular weight excluding hydrogens is 314 g/mol. The van der Waals surface area contributed by atoms with Gasteiger partial charge in [0.2, 0.25) is 0 Å². The number of carbonyl (C=O) groups is 1. The van der Waals surface area contributed by atoms with Crippen LogP contribution in [-0.2, 0) is 4.79 Å². The zero-order valence-electron chi connectivity index (χ0n) is 15.1. The van der Waals surface area contributed by atoms with Gasteiger partial charge in [0.1, 0.15) is 6.10 Å². The number of hydrogen-bond donors (Lipinski definition) is 1. The number of hydrogen-bond acceptors (Lipinski definition) is 4. The molecular formula is C21H27NO3. The minimum absolute atomic E-state index is 0.275. The van der Waals surface area contributed by atoms with E-state index in [1.807, 2.05) is 25.1 Å². The van der Waals surface area contributed by atoms with Crippen LogP contribution in [-0.4, -0.2) is 19.0 Å². The first-order chi connectivity index (χ1) is 12.2. The molecule has 4 rings (SSSR count). The average Bonchev–Trinajstić information content (AvgIpc) is 3.31. The van der Waals surface area contributed by atoms with Gasteiger partial charge in [-0.1, -0.05) is 6.92 Å². The van der Waals surface area contributed by atoms with Gasteiger partial charge in [-0.05, 0) is 62.5 Å². The molecule has 1 aromatic rings. The maximum absolute atomic E-state index is 11.9. The number of allylic oxidation sites excluding steroid dienone is 2. The Morgan fingerprint density at radius 2 is 2.04 bits per heavy atom. The summed E-state index contributed by atoms with van der Waals surface area (Å²) >= 11 is 0. The van der Waals surface area contributed by atoms with Crippen molar-refractivity contribution in [1.29, 1.82) is 0 Å². The molecule has 0 radical (unpaired) electrons. The van der Waals surface area contributed by atoms with E-state index in [9.17, 15) is 4.79 Å². The number of carbonyl (C=O) groups excluding carboxylic acids is 1. The van der Waals surface area contributed by atoms with E-state index in [0.717, 1.165) is 47.2 Å². The summed E-state index contributed by atoms with van der Waals surface area (Å²) in [5, 5.41) is 3.45. The second-order valence-corrected chi connectivity index (χ2v) is 7.56. The van der Waals surface area contributed by atoms with Crippen molar-refractivity contribution < 1.29 is 14.3 Å². The van der Waals surface area contributed by atoms with Gasteiger partial charge in [-0.15, -0.1) is 0 Å². The number of nitrogens with one attached hydrogen (secondary N) is 1. The summed E-state index contributed by atoms with van der Waals surface area (Å²) in [6.45, 7) is 2.04. The molecule has 2 fully saturated rings. The fourth-order valence-corrected chi connectivity index (χ4v) is 4.77. The highest BCUT2D eigenvalue weighted by atomic mass is 16.5. The van der Waals surface area contributed by atoms with Crippen LogP contribution in [0.1, 0.15) is 51.9 Å². The first-order valence-corrected chi connectivity index (χ1v) is 9.54. The first-order valence-electron chi connectivity index (χ1n) is 9.54. The Morgan fingerprint density at radius 1 is 1.16 bits per heavy atom. The fourth-order valence-electron chi connectivity index (χ4n) is 4.77. The molecule has 3 aliphatic rings. The van der Waals surface area contributed by atoms with Crippen LogP contribution in [0.15, 0.2) is 29.5 Å². The highest BCUT2D eigenvalue weighted by molar-refractivity contribution is 5.99. The number of methoxy groups -OCH3 is 1. The zero-order valence-corrected chi connectivity index (χ0v) is 15.1. The molecule has 3 unspecified atom stereocenters. The minimum atomic E-state index is 0.275. The van der Waals surface area contributed by atoms with Crippen molar-refractivity contribution in [3.05, 3.63) is 29.5 Å². The summed E-state index contributed by atoms with van der Waals surface area (Å²) in [6, 6.07) is 5.97. The summed E-state index contributed by atoms with van der Waals surface area (Å²) < 4.78 is 11.9. The Labute approximate surface area is 149 Å². The molecule has 3 aliphatic carbocycles. The molecule has 4 heteroatoms. The molecule has 0 saturated heterocycles. The molecule has 0 aliphatic heterocycles. The lowest BCUT2D eigenvalue weighted by atomic mass is 9.98. The average molecular weight is 341 g/mol. The van der Waals surface area contributed by atoms with Crippen LogP contribution in [0.5, 0.6) is 11.5 Å². The molecule has 3 atom stereocenters. The zero-order chi connectivity index (χ0) is 17.4. The topological polar surface area (TPSA) is 47.6 Å². The van der Waals surface area contributed by atoms with Crippen LogP contribution in [0.25, 0.3) is 0 Å². The highest BCUT2D eigenvalue weighted by Crippen LogP contribution is 2.47. The number of anilines is 1. The van der Waals surface area contributed by atoms with Gasteiger partial charge in [0.05, 0.1) is 7.11 Å². The Kier molecular flexibility index (Phi) is 4.45. The van der Waals surface area contributed by atoms with Crippen LogP contribution in [0.2, 0.25) is 0 Å². The number of Topliss-reactive ketones (excluding diaryl/α,β-unsaturated/α-hetero) is 1. The van der Waals surface area contributed by atoms with Gasteiger partial charge in [-0.3, -0.25) is 4.79 Å². The predicted molar refractivity (Wildman–Crippen MR) is 98.0 cm³/mol. The molecule has 1 N–H and O–H groups in total. The lowest BCUT2D eigenvalue weighted by molar-refractivity contribution is -0.115. The van der Waals surface area contributed by atoms with Gasteiger partial charge in [0.15, 0.2) is 17.3 Å². The smallest absolute Gasteiger partial charge is 0.163 e. The lowest BCUT2D eigenvalue weighted by Gasteiger charge is -2.24. The molecule has 134 valence electrons. The van der Waals surface area contributed by atoms with Gasteiger partial charge in [0, 0.05) is 29.4 Å². The normalized spacial score (nSPS) is 27.9. The number of fused-ring (bicyclic) bond motifs is 2. The summed E-state index contributed by atoms with van der Waals surface area (Å²) in [5.74, 6) is 3.42. The lowest BCUT2D eigenvalue weighted by Crippen LogP contribution is -2.23. The van der Waals surface area contributed by atoms with Crippen molar-refractivity contribution >= 4 is 11.5 Å². The van der Waals surface area contributed by atoms with E-state index in [4.69, 9.17) is 9.47 Å². The van der Waals surface area contributed by atoms with Crippen LogP contribution < -0.4 is 14.8 Å². The van der Waals surface area contributed by atoms with Crippen molar-refractivity contribution in [3.63, 3.8) is 0 Å². The van der Waals surface area contributed by atoms with E-state index in [1.165, 1.54) is 25.7 Å². The molecule has 4 nitrogen and oxygen atoms in total. The number of ether oxygens (including phenoxy) is 2. The third kappa shape index (κ3) is 3.14. The van der Waals surface area contributed by atoms with Gasteiger partial charge < -0.3 is 14.8 Å². The first kappa shape index (κ1) is 16.5.